The van der Waals surface area contributed by atoms with E-state index in [-0.39, 0.29) is 24.0 Å². The van der Waals surface area contributed by atoms with Crippen LogP contribution >= 0.6 is 24.0 Å². The lowest BCUT2D eigenvalue weighted by molar-refractivity contribution is 0.196. The molecule has 0 unspecified atom stereocenters. The third kappa shape index (κ3) is 7.12. The standard InChI is InChI=1S/C23H33N5O.HI/c1-4-24-23(26-15-19-13-17(2)22(29)18(3)14-19)27-20-8-11-28(12-9-20)16-21-7-5-6-10-25-21;/h5-7,10,13-14,20,29H,4,8-9,11-12,15-16H2,1-3H3,(H2,24,26,27);1H. The molecule has 0 bridgehead atoms. The zero-order valence-corrected chi connectivity index (χ0v) is 20.5. The van der Waals surface area contributed by atoms with E-state index in [1.165, 1.54) is 0 Å². The van der Waals surface area contributed by atoms with Gasteiger partial charge in [-0.3, -0.25) is 9.88 Å². The Morgan fingerprint density at radius 1 is 1.20 bits per heavy atom. The number of phenolic OH excluding ortho intramolecular Hbond substituents is 1. The van der Waals surface area contributed by atoms with Crippen molar-refractivity contribution in [3.05, 3.63) is 58.9 Å². The lowest BCUT2D eigenvalue weighted by atomic mass is 10.0. The van der Waals surface area contributed by atoms with Crippen molar-refractivity contribution in [2.75, 3.05) is 19.6 Å². The number of aromatic nitrogens is 1. The number of hydrogen-bond donors (Lipinski definition) is 3. The molecule has 30 heavy (non-hydrogen) atoms. The van der Waals surface area contributed by atoms with Crippen molar-refractivity contribution in [3.63, 3.8) is 0 Å². The number of hydrogen-bond acceptors (Lipinski definition) is 4. The molecule has 6 nitrogen and oxygen atoms in total. The average molecular weight is 523 g/mol. The lowest BCUT2D eigenvalue weighted by Gasteiger charge is -2.32. The van der Waals surface area contributed by atoms with Gasteiger partial charge in [0.1, 0.15) is 5.75 Å². The molecule has 0 atom stereocenters. The summed E-state index contributed by atoms with van der Waals surface area (Å²) in [4.78, 5) is 11.7. The Labute approximate surface area is 197 Å². The van der Waals surface area contributed by atoms with Crippen molar-refractivity contribution in [3.8, 4) is 5.75 Å². The van der Waals surface area contributed by atoms with Crippen LogP contribution in [0.3, 0.4) is 0 Å². The molecule has 0 aliphatic carbocycles. The van der Waals surface area contributed by atoms with Crippen LogP contribution in [0, 0.1) is 13.8 Å². The predicted molar refractivity (Wildman–Crippen MR) is 133 cm³/mol. The normalized spacial score (nSPS) is 15.5. The maximum atomic E-state index is 9.95. The fourth-order valence-electron chi connectivity index (χ4n) is 3.78. The second kappa shape index (κ2) is 12.1. The molecule has 0 spiro atoms. The summed E-state index contributed by atoms with van der Waals surface area (Å²) in [5.74, 6) is 1.24. The fourth-order valence-corrected chi connectivity index (χ4v) is 3.78. The van der Waals surface area contributed by atoms with E-state index in [0.717, 1.165) is 67.4 Å². The number of benzene rings is 1. The lowest BCUT2D eigenvalue weighted by Crippen LogP contribution is -2.48. The Kier molecular flexibility index (Phi) is 9.84. The predicted octanol–water partition coefficient (Wildman–Crippen LogP) is 3.74. The number of piperidine rings is 1. The quantitative estimate of drug-likeness (QED) is 0.306. The van der Waals surface area contributed by atoms with Crippen LogP contribution in [-0.2, 0) is 13.1 Å². The number of aryl methyl sites for hydroxylation is 2. The molecule has 2 heterocycles. The molecule has 0 radical (unpaired) electrons. The van der Waals surface area contributed by atoms with E-state index in [1.807, 2.05) is 44.3 Å². The van der Waals surface area contributed by atoms with Crippen molar-refractivity contribution < 1.29 is 5.11 Å². The minimum absolute atomic E-state index is 0. The van der Waals surface area contributed by atoms with E-state index >= 15 is 0 Å². The molecule has 164 valence electrons. The smallest absolute Gasteiger partial charge is 0.191 e. The summed E-state index contributed by atoms with van der Waals surface area (Å²) in [6.07, 6.45) is 4.04. The number of halogens is 1. The Morgan fingerprint density at radius 3 is 2.50 bits per heavy atom. The number of nitrogens with one attached hydrogen (secondary N) is 2. The number of rotatable bonds is 6. The molecule has 1 aromatic carbocycles. The number of aromatic hydroxyl groups is 1. The van der Waals surface area contributed by atoms with Crippen molar-refractivity contribution >= 4 is 29.9 Å². The van der Waals surface area contributed by atoms with Crippen molar-refractivity contribution in [1.82, 2.24) is 20.5 Å². The van der Waals surface area contributed by atoms with Crippen LogP contribution in [0.15, 0.2) is 41.5 Å². The first-order valence-corrected chi connectivity index (χ1v) is 10.5. The van der Waals surface area contributed by atoms with E-state index < -0.39 is 0 Å². The summed E-state index contributed by atoms with van der Waals surface area (Å²) in [6.45, 7) is 10.4. The second-order valence-corrected chi connectivity index (χ2v) is 7.79. The zero-order valence-electron chi connectivity index (χ0n) is 18.2. The monoisotopic (exact) mass is 523 g/mol. The van der Waals surface area contributed by atoms with Crippen LogP contribution in [0.4, 0.5) is 0 Å². The molecule has 1 aliphatic heterocycles. The highest BCUT2D eigenvalue weighted by Crippen LogP contribution is 2.23. The van der Waals surface area contributed by atoms with Crippen LogP contribution < -0.4 is 10.6 Å². The van der Waals surface area contributed by atoms with Gasteiger partial charge in [-0.1, -0.05) is 18.2 Å². The van der Waals surface area contributed by atoms with Crippen LogP contribution in [-0.4, -0.2) is 46.6 Å². The second-order valence-electron chi connectivity index (χ2n) is 7.79. The Bertz CT molecular complexity index is 797. The first-order valence-electron chi connectivity index (χ1n) is 10.5. The highest BCUT2D eigenvalue weighted by Gasteiger charge is 2.20. The van der Waals surface area contributed by atoms with Gasteiger partial charge in [-0.05, 0) is 62.4 Å². The molecule has 3 rings (SSSR count). The molecule has 7 heteroatoms. The van der Waals surface area contributed by atoms with Crippen LogP contribution in [0.25, 0.3) is 0 Å². The molecule has 0 amide bonds. The maximum Gasteiger partial charge on any atom is 0.191 e. The molecule has 1 fully saturated rings. The van der Waals surface area contributed by atoms with Crippen molar-refractivity contribution in [1.29, 1.82) is 0 Å². The molecular formula is C23H34IN5O. The van der Waals surface area contributed by atoms with E-state index in [0.29, 0.717) is 18.3 Å². The van der Waals surface area contributed by atoms with Gasteiger partial charge in [-0.2, -0.15) is 0 Å². The van der Waals surface area contributed by atoms with Crippen LogP contribution in [0.2, 0.25) is 0 Å². The van der Waals surface area contributed by atoms with Crippen LogP contribution in [0.5, 0.6) is 5.75 Å². The van der Waals surface area contributed by atoms with E-state index in [9.17, 15) is 5.11 Å². The van der Waals surface area contributed by atoms with Gasteiger partial charge in [0.15, 0.2) is 5.96 Å². The third-order valence-electron chi connectivity index (χ3n) is 5.35. The Hall–Kier alpha value is -1.87. The minimum atomic E-state index is 0. The van der Waals surface area contributed by atoms with Crippen molar-refractivity contribution in [2.45, 2.75) is 52.7 Å². The van der Waals surface area contributed by atoms with Gasteiger partial charge in [0.2, 0.25) is 0 Å². The largest absolute Gasteiger partial charge is 0.507 e. The number of likely N-dealkylation sites (tertiary alicyclic amines) is 1. The number of guanidine groups is 1. The van der Waals surface area contributed by atoms with Gasteiger partial charge in [0, 0.05) is 38.4 Å². The number of nitrogens with zero attached hydrogens (tertiary/aromatic N) is 3. The van der Waals surface area contributed by atoms with Crippen LogP contribution in [0.1, 0.15) is 42.1 Å². The van der Waals surface area contributed by atoms with Gasteiger partial charge >= 0.3 is 0 Å². The van der Waals surface area contributed by atoms with Gasteiger partial charge in [0.05, 0.1) is 12.2 Å². The number of aliphatic imine (C=N–C) groups is 1. The molecule has 1 aliphatic rings. The zero-order chi connectivity index (χ0) is 20.6. The number of phenols is 1. The SMILES string of the molecule is CCNC(=NCc1cc(C)c(O)c(C)c1)NC1CCN(Cc2ccccn2)CC1.I. The summed E-state index contributed by atoms with van der Waals surface area (Å²) in [5, 5.41) is 16.9. The Morgan fingerprint density at radius 2 is 1.90 bits per heavy atom. The molecule has 1 aromatic heterocycles. The summed E-state index contributed by atoms with van der Waals surface area (Å²) >= 11 is 0. The highest BCUT2D eigenvalue weighted by atomic mass is 127. The summed E-state index contributed by atoms with van der Waals surface area (Å²) in [7, 11) is 0. The fraction of sp³-hybridized carbons (Fsp3) is 0.478. The summed E-state index contributed by atoms with van der Waals surface area (Å²) in [6, 6.07) is 10.5. The minimum Gasteiger partial charge on any atom is -0.507 e. The van der Waals surface area contributed by atoms with E-state index in [1.54, 1.807) is 0 Å². The third-order valence-corrected chi connectivity index (χ3v) is 5.35. The first kappa shape index (κ1) is 24.4. The van der Waals surface area contributed by atoms with Crippen molar-refractivity contribution in [2.24, 2.45) is 4.99 Å². The molecular weight excluding hydrogens is 489 g/mol. The van der Waals surface area contributed by atoms with Gasteiger partial charge in [0.25, 0.3) is 0 Å². The molecule has 2 aromatic rings. The number of pyridine rings is 1. The van der Waals surface area contributed by atoms with Gasteiger partial charge in [-0.15, -0.1) is 24.0 Å². The first-order chi connectivity index (χ1) is 14.0. The molecule has 0 saturated carbocycles. The van der Waals surface area contributed by atoms with E-state index in [2.05, 4.69) is 33.5 Å². The highest BCUT2D eigenvalue weighted by molar-refractivity contribution is 14.0. The molecule has 1 saturated heterocycles. The summed E-state index contributed by atoms with van der Waals surface area (Å²) in [5.41, 5.74) is 4.04. The summed E-state index contributed by atoms with van der Waals surface area (Å²) < 4.78 is 0. The van der Waals surface area contributed by atoms with E-state index in [4.69, 9.17) is 4.99 Å². The average Bonchev–Trinajstić information content (AvgIpc) is 2.72. The van der Waals surface area contributed by atoms with Gasteiger partial charge in [-0.25, -0.2) is 4.99 Å². The topological polar surface area (TPSA) is 72.8 Å². The molecule has 3 N–H and O–H groups in total. The van der Waals surface area contributed by atoms with Gasteiger partial charge < -0.3 is 15.7 Å². The maximum absolute atomic E-state index is 9.95. The Balaban J connectivity index is 0.00000320.